The molecule has 0 spiro atoms. The van der Waals surface area contributed by atoms with Gasteiger partial charge in [-0.05, 0) is 125 Å². The summed E-state index contributed by atoms with van der Waals surface area (Å²) in [7, 11) is 0. The Bertz CT molecular complexity index is 723. The van der Waals surface area contributed by atoms with Crippen LogP contribution in [0.1, 0.15) is 113 Å². The third kappa shape index (κ3) is 3.37. The summed E-state index contributed by atoms with van der Waals surface area (Å²) in [5.74, 6) is 3.31. The van der Waals surface area contributed by atoms with Crippen LogP contribution in [0.5, 0.6) is 0 Å². The molecule has 0 heterocycles. The van der Waals surface area contributed by atoms with E-state index in [1.807, 2.05) is 5.57 Å². The lowest BCUT2D eigenvalue weighted by Gasteiger charge is -2.54. The molecular weight excluding hydrogens is 364 g/mol. The van der Waals surface area contributed by atoms with Crippen molar-refractivity contribution in [1.82, 2.24) is 0 Å². The monoisotopic (exact) mass is 412 g/mol. The van der Waals surface area contributed by atoms with Crippen molar-refractivity contribution in [3.8, 4) is 0 Å². The van der Waals surface area contributed by atoms with Crippen molar-refractivity contribution in [2.75, 3.05) is 0 Å². The lowest BCUT2D eigenvalue weighted by Crippen LogP contribution is -2.50. The molecule has 30 heavy (non-hydrogen) atoms. The summed E-state index contributed by atoms with van der Waals surface area (Å²) in [5.41, 5.74) is 6.06. The van der Waals surface area contributed by atoms with E-state index in [0.717, 1.165) is 24.2 Å². The first-order valence-corrected chi connectivity index (χ1v) is 13.0. The van der Waals surface area contributed by atoms with E-state index in [1.165, 1.54) is 63.4 Å². The van der Waals surface area contributed by atoms with Crippen LogP contribution in [0.3, 0.4) is 0 Å². The smallest absolute Gasteiger partial charge is 0.0594 e. The number of hydrogen-bond donors (Lipinski definition) is 1. The number of rotatable bonds is 4. The Morgan fingerprint density at radius 3 is 2.27 bits per heavy atom. The molecule has 0 bridgehead atoms. The Kier molecular flexibility index (Phi) is 5.87. The first-order valence-electron chi connectivity index (χ1n) is 13.0. The molecule has 0 saturated heterocycles. The summed E-state index contributed by atoms with van der Waals surface area (Å²) in [6.07, 6.45) is 15.4. The zero-order valence-electron chi connectivity index (χ0n) is 21.0. The fourth-order valence-electron chi connectivity index (χ4n) is 9.24. The normalized spacial score (nSPS) is 46.5. The van der Waals surface area contributed by atoms with Crippen LogP contribution in [0.2, 0.25) is 0 Å². The summed E-state index contributed by atoms with van der Waals surface area (Å²) in [5, 5.41) is 10.7. The zero-order valence-corrected chi connectivity index (χ0v) is 21.0. The molecule has 0 aromatic rings. The molecule has 1 N–H and O–H groups in total. The maximum Gasteiger partial charge on any atom is 0.0594 e. The molecule has 4 aliphatic rings. The summed E-state index contributed by atoms with van der Waals surface area (Å²) < 4.78 is 0. The number of hydrogen-bond acceptors (Lipinski definition) is 1. The van der Waals surface area contributed by atoms with Crippen molar-refractivity contribution in [2.45, 2.75) is 119 Å². The van der Waals surface area contributed by atoms with Gasteiger partial charge in [0.05, 0.1) is 6.10 Å². The van der Waals surface area contributed by atoms with E-state index in [0.29, 0.717) is 16.7 Å². The largest absolute Gasteiger partial charge is 0.393 e. The van der Waals surface area contributed by atoms with Crippen LogP contribution in [-0.2, 0) is 0 Å². The molecule has 0 aromatic heterocycles. The van der Waals surface area contributed by atoms with E-state index < -0.39 is 0 Å². The maximum absolute atomic E-state index is 10.7. The lowest BCUT2D eigenvalue weighted by atomic mass is 9.52. The van der Waals surface area contributed by atoms with Gasteiger partial charge in [0.2, 0.25) is 0 Å². The third-order valence-electron chi connectivity index (χ3n) is 11.0. The average Bonchev–Trinajstić information content (AvgIpc) is 3.28. The predicted molar refractivity (Wildman–Crippen MR) is 128 cm³/mol. The number of aliphatic hydroxyl groups is 1. The van der Waals surface area contributed by atoms with Crippen LogP contribution in [-0.4, -0.2) is 11.2 Å². The molecule has 170 valence electrons. The molecule has 1 heteroatoms. The highest BCUT2D eigenvalue weighted by atomic mass is 16.3. The summed E-state index contributed by atoms with van der Waals surface area (Å²) in [6, 6.07) is 0. The molecule has 1 nitrogen and oxygen atoms in total. The Labute approximate surface area is 186 Å². The maximum atomic E-state index is 10.7. The van der Waals surface area contributed by atoms with Crippen molar-refractivity contribution < 1.29 is 5.11 Å². The van der Waals surface area contributed by atoms with E-state index in [4.69, 9.17) is 0 Å². The van der Waals surface area contributed by atoms with E-state index >= 15 is 0 Å². The average molecular weight is 413 g/mol. The highest BCUT2D eigenvalue weighted by molar-refractivity contribution is 5.27. The summed E-state index contributed by atoms with van der Waals surface area (Å²) in [4.78, 5) is 0. The molecule has 0 radical (unpaired) electrons. The van der Waals surface area contributed by atoms with Crippen molar-refractivity contribution >= 4 is 0 Å². The van der Waals surface area contributed by atoms with Gasteiger partial charge in [0.1, 0.15) is 0 Å². The molecule has 0 aromatic carbocycles. The highest BCUT2D eigenvalue weighted by Crippen LogP contribution is 2.70. The Balaban J connectivity index is 1.55. The number of aliphatic hydroxyl groups excluding tert-OH is 1. The highest BCUT2D eigenvalue weighted by Gasteiger charge is 2.63. The van der Waals surface area contributed by atoms with E-state index in [-0.39, 0.29) is 11.5 Å². The molecule has 4 saturated carbocycles. The first kappa shape index (κ1) is 22.6. The molecule has 7 atom stereocenters. The van der Waals surface area contributed by atoms with Gasteiger partial charge in [-0.3, -0.25) is 0 Å². The van der Waals surface area contributed by atoms with E-state index in [9.17, 15) is 5.11 Å². The fraction of sp³-hybridized carbons (Fsp3) is 0.862. The van der Waals surface area contributed by atoms with Gasteiger partial charge in [0.25, 0.3) is 0 Å². The van der Waals surface area contributed by atoms with Gasteiger partial charge in [-0.1, -0.05) is 50.5 Å². The number of fused-ring (bicyclic) bond motifs is 2. The van der Waals surface area contributed by atoms with Gasteiger partial charge in [0, 0.05) is 0 Å². The third-order valence-corrected chi connectivity index (χ3v) is 11.0. The molecule has 0 amide bonds. The van der Waals surface area contributed by atoms with Crippen molar-refractivity contribution in [3.63, 3.8) is 0 Å². The van der Waals surface area contributed by atoms with Gasteiger partial charge in [-0.2, -0.15) is 0 Å². The van der Waals surface area contributed by atoms with Gasteiger partial charge in [-0.25, -0.2) is 0 Å². The second kappa shape index (κ2) is 7.79. The topological polar surface area (TPSA) is 20.2 Å². The predicted octanol–water partition coefficient (Wildman–Crippen LogP) is 8.09. The molecule has 4 aliphatic carbocycles. The molecule has 4 fully saturated rings. The molecule has 0 unspecified atom stereocenters. The zero-order chi connectivity index (χ0) is 21.9. The second-order valence-electron chi connectivity index (χ2n) is 13.0. The SMILES string of the molecule is CC(C)=CCC/C(C)=C1/CC[C@@]2(C)[C@H]1CC[C@H]2[C@H]1CC[C@H]2C(C)(C)[C@@H](O)CC[C@]12C. The van der Waals surface area contributed by atoms with Crippen LogP contribution in [0.15, 0.2) is 22.8 Å². The second-order valence-corrected chi connectivity index (χ2v) is 13.0. The number of allylic oxidation sites excluding steroid dienone is 4. The summed E-state index contributed by atoms with van der Waals surface area (Å²) >= 11 is 0. The fourth-order valence-corrected chi connectivity index (χ4v) is 9.24. The molecular formula is C29H48O. The Morgan fingerprint density at radius 1 is 0.900 bits per heavy atom. The Hall–Kier alpha value is -0.560. The van der Waals surface area contributed by atoms with Crippen molar-refractivity contribution in [1.29, 1.82) is 0 Å². The van der Waals surface area contributed by atoms with Gasteiger partial charge < -0.3 is 5.11 Å². The van der Waals surface area contributed by atoms with Crippen molar-refractivity contribution in [2.24, 2.45) is 39.9 Å². The van der Waals surface area contributed by atoms with E-state index in [2.05, 4.69) is 54.5 Å². The van der Waals surface area contributed by atoms with Crippen LogP contribution in [0.4, 0.5) is 0 Å². The molecule has 4 rings (SSSR count). The minimum absolute atomic E-state index is 0.0862. The quantitative estimate of drug-likeness (QED) is 0.462. The summed E-state index contributed by atoms with van der Waals surface area (Å²) in [6.45, 7) is 16.9. The van der Waals surface area contributed by atoms with Crippen LogP contribution < -0.4 is 0 Å². The Morgan fingerprint density at radius 2 is 1.57 bits per heavy atom. The van der Waals surface area contributed by atoms with E-state index in [1.54, 1.807) is 5.57 Å². The van der Waals surface area contributed by atoms with Crippen LogP contribution in [0.25, 0.3) is 0 Å². The van der Waals surface area contributed by atoms with Gasteiger partial charge in [-0.15, -0.1) is 0 Å². The standard InChI is InChI=1S/C29H48O/c1-19(2)9-8-10-20(3)21-15-17-28(6)22(21)11-12-23(28)24-13-14-25-27(4,5)26(30)16-18-29(24,25)7/h9,22-26,30H,8,10-18H2,1-7H3/b21-20-/t22-,23-,24+,25-,26-,28-,29+/m0/s1. The van der Waals surface area contributed by atoms with Crippen LogP contribution in [0, 0.1) is 39.9 Å². The van der Waals surface area contributed by atoms with Crippen LogP contribution >= 0.6 is 0 Å². The van der Waals surface area contributed by atoms with Gasteiger partial charge in [0.15, 0.2) is 0 Å². The first-order chi connectivity index (χ1) is 14.0. The minimum Gasteiger partial charge on any atom is -0.393 e. The molecule has 0 aliphatic heterocycles. The van der Waals surface area contributed by atoms with Gasteiger partial charge >= 0.3 is 0 Å². The minimum atomic E-state index is -0.106. The van der Waals surface area contributed by atoms with Crippen molar-refractivity contribution in [3.05, 3.63) is 22.8 Å². The lowest BCUT2D eigenvalue weighted by molar-refractivity contribution is -0.105.